The number of nitrogens with two attached hydrogens (primary N) is 1. The molecule has 0 aliphatic rings. The zero-order chi connectivity index (χ0) is 6.97. The second kappa shape index (κ2) is 1.73. The van der Waals surface area contributed by atoms with E-state index in [1.807, 2.05) is 6.07 Å². The van der Waals surface area contributed by atoms with Crippen molar-refractivity contribution in [3.8, 4) is 0 Å². The van der Waals surface area contributed by atoms with E-state index in [0.29, 0.717) is 11.4 Å². The molecule has 0 bridgehead atoms. The molecule has 1 heterocycles. The van der Waals surface area contributed by atoms with Crippen LogP contribution in [0.2, 0.25) is 0 Å². The lowest BCUT2D eigenvalue weighted by molar-refractivity contribution is 0.460. The predicted octanol–water partition coefficient (Wildman–Crippen LogP) is 1.21. The fraction of sp³-hybridized carbons (Fsp3) is 0. The van der Waals surface area contributed by atoms with Crippen molar-refractivity contribution < 1.29 is 4.52 Å². The van der Waals surface area contributed by atoms with E-state index in [-0.39, 0.29) is 0 Å². The zero-order valence-corrected chi connectivity index (χ0v) is 5.16. The highest BCUT2D eigenvalue weighted by Gasteiger charge is 2.00. The van der Waals surface area contributed by atoms with Gasteiger partial charge in [-0.05, 0) is 18.2 Å². The maximum Gasteiger partial charge on any atom is 0.174 e. The molecular formula is C7H5N2O. The van der Waals surface area contributed by atoms with Crippen molar-refractivity contribution >= 4 is 16.8 Å². The molecule has 49 valence electrons. The van der Waals surface area contributed by atoms with Gasteiger partial charge < -0.3 is 10.3 Å². The summed E-state index contributed by atoms with van der Waals surface area (Å²) in [6.45, 7) is 0. The summed E-state index contributed by atoms with van der Waals surface area (Å²) in [5.41, 5.74) is 6.14. The van der Waals surface area contributed by atoms with Crippen molar-refractivity contribution in [1.82, 2.24) is 5.16 Å². The van der Waals surface area contributed by atoms with Crippen molar-refractivity contribution in [3.05, 3.63) is 24.3 Å². The molecule has 2 N–H and O–H groups in total. The van der Waals surface area contributed by atoms with Crippen molar-refractivity contribution in [2.24, 2.45) is 0 Å². The Kier molecular flexibility index (Phi) is 0.917. The van der Waals surface area contributed by atoms with Gasteiger partial charge in [0.15, 0.2) is 11.4 Å². The SMILES string of the molecule is Nc1noc2c[c]ccc12. The molecule has 0 amide bonds. The van der Waals surface area contributed by atoms with Crippen LogP contribution in [0.5, 0.6) is 0 Å². The van der Waals surface area contributed by atoms with E-state index >= 15 is 0 Å². The predicted molar refractivity (Wildman–Crippen MR) is 37.3 cm³/mol. The molecular weight excluding hydrogens is 128 g/mol. The molecule has 10 heavy (non-hydrogen) atoms. The standard InChI is InChI=1S/C7H5N2O/c8-7-5-3-1-2-4-6(5)10-9-7/h1,3-4H,(H2,8,9). The van der Waals surface area contributed by atoms with Crippen LogP contribution in [0.3, 0.4) is 0 Å². The first-order valence-electron chi connectivity index (χ1n) is 2.89. The summed E-state index contributed by atoms with van der Waals surface area (Å²) in [5.74, 6) is 0.434. The van der Waals surface area contributed by atoms with Crippen molar-refractivity contribution in [2.45, 2.75) is 0 Å². The van der Waals surface area contributed by atoms with E-state index in [1.54, 1.807) is 12.1 Å². The molecule has 3 heteroatoms. The summed E-state index contributed by atoms with van der Waals surface area (Å²) in [7, 11) is 0. The number of benzene rings is 1. The molecule has 2 rings (SSSR count). The minimum atomic E-state index is 0.434. The highest BCUT2D eigenvalue weighted by atomic mass is 16.5. The number of rotatable bonds is 0. The van der Waals surface area contributed by atoms with Crippen LogP contribution in [0.1, 0.15) is 0 Å². The van der Waals surface area contributed by atoms with Gasteiger partial charge >= 0.3 is 0 Å². The molecule has 3 nitrogen and oxygen atoms in total. The lowest BCUT2D eigenvalue weighted by Crippen LogP contribution is -1.82. The number of aromatic nitrogens is 1. The van der Waals surface area contributed by atoms with Gasteiger partial charge in [0.1, 0.15) is 0 Å². The Morgan fingerprint density at radius 1 is 1.60 bits per heavy atom. The van der Waals surface area contributed by atoms with Crippen molar-refractivity contribution in [2.75, 3.05) is 5.73 Å². The number of nitrogen functional groups attached to an aromatic ring is 1. The van der Waals surface area contributed by atoms with Gasteiger partial charge in [-0.25, -0.2) is 0 Å². The van der Waals surface area contributed by atoms with Crippen LogP contribution in [-0.2, 0) is 0 Å². The average molecular weight is 133 g/mol. The number of nitrogens with zero attached hydrogens (tertiary/aromatic N) is 1. The Labute approximate surface area is 57.4 Å². The summed E-state index contributed by atoms with van der Waals surface area (Å²) < 4.78 is 4.84. The summed E-state index contributed by atoms with van der Waals surface area (Å²) in [4.78, 5) is 0. The molecule has 1 radical (unpaired) electrons. The van der Waals surface area contributed by atoms with Gasteiger partial charge in [0.25, 0.3) is 0 Å². The van der Waals surface area contributed by atoms with Crippen LogP contribution < -0.4 is 5.73 Å². The Bertz CT molecular complexity index is 353. The van der Waals surface area contributed by atoms with Gasteiger partial charge in [-0.3, -0.25) is 0 Å². The first-order chi connectivity index (χ1) is 4.88. The fourth-order valence-electron chi connectivity index (χ4n) is 0.850. The summed E-state index contributed by atoms with van der Waals surface area (Å²) in [5, 5.41) is 4.42. The molecule has 0 aliphatic heterocycles. The third kappa shape index (κ3) is 0.572. The van der Waals surface area contributed by atoms with Gasteiger partial charge in [-0.2, -0.15) is 0 Å². The molecule has 0 saturated carbocycles. The molecule has 0 atom stereocenters. The second-order valence-corrected chi connectivity index (χ2v) is 1.99. The number of hydrogen-bond acceptors (Lipinski definition) is 3. The third-order valence-electron chi connectivity index (χ3n) is 1.34. The topological polar surface area (TPSA) is 52.0 Å². The Hall–Kier alpha value is -1.51. The minimum absolute atomic E-state index is 0.434. The Balaban J connectivity index is 2.93. The van der Waals surface area contributed by atoms with E-state index < -0.39 is 0 Å². The molecule has 0 spiro atoms. The van der Waals surface area contributed by atoms with Crippen LogP contribution in [0.15, 0.2) is 22.7 Å². The van der Waals surface area contributed by atoms with Crippen molar-refractivity contribution in [1.29, 1.82) is 0 Å². The number of fused-ring (bicyclic) bond motifs is 1. The Morgan fingerprint density at radius 2 is 2.50 bits per heavy atom. The molecule has 1 aromatic heterocycles. The van der Waals surface area contributed by atoms with Crippen LogP contribution in [0.4, 0.5) is 5.82 Å². The van der Waals surface area contributed by atoms with Gasteiger partial charge in [0.2, 0.25) is 0 Å². The van der Waals surface area contributed by atoms with Crippen LogP contribution in [-0.4, -0.2) is 5.16 Å². The number of hydrogen-bond donors (Lipinski definition) is 1. The molecule has 1 aromatic carbocycles. The normalized spacial score (nSPS) is 10.4. The van der Waals surface area contributed by atoms with Crippen molar-refractivity contribution in [3.63, 3.8) is 0 Å². The summed E-state index contributed by atoms with van der Waals surface area (Å²) in [6, 6.07) is 8.16. The minimum Gasteiger partial charge on any atom is -0.380 e. The quantitative estimate of drug-likeness (QED) is 0.587. The fourth-order valence-corrected chi connectivity index (χ4v) is 0.850. The van der Waals surface area contributed by atoms with E-state index in [2.05, 4.69) is 11.2 Å². The van der Waals surface area contributed by atoms with E-state index in [9.17, 15) is 0 Å². The van der Waals surface area contributed by atoms with Crippen LogP contribution in [0, 0.1) is 6.07 Å². The summed E-state index contributed by atoms with van der Waals surface area (Å²) >= 11 is 0. The summed E-state index contributed by atoms with van der Waals surface area (Å²) in [6.07, 6.45) is 0. The molecule has 0 unspecified atom stereocenters. The Morgan fingerprint density at radius 3 is 3.30 bits per heavy atom. The van der Waals surface area contributed by atoms with Gasteiger partial charge in [0, 0.05) is 0 Å². The van der Waals surface area contributed by atoms with Gasteiger partial charge in [-0.15, -0.1) is 0 Å². The highest BCUT2D eigenvalue weighted by molar-refractivity contribution is 5.86. The molecule has 0 fully saturated rings. The second-order valence-electron chi connectivity index (χ2n) is 1.99. The maximum atomic E-state index is 5.46. The maximum absolute atomic E-state index is 5.46. The van der Waals surface area contributed by atoms with Crippen LogP contribution >= 0.6 is 0 Å². The molecule has 0 aliphatic carbocycles. The highest BCUT2D eigenvalue weighted by Crippen LogP contribution is 2.18. The molecule has 0 saturated heterocycles. The monoisotopic (exact) mass is 133 g/mol. The van der Waals surface area contributed by atoms with Crippen LogP contribution in [0.25, 0.3) is 11.0 Å². The third-order valence-corrected chi connectivity index (χ3v) is 1.34. The first kappa shape index (κ1) is 5.29. The van der Waals surface area contributed by atoms with Gasteiger partial charge in [0.05, 0.1) is 5.39 Å². The lowest BCUT2D eigenvalue weighted by Gasteiger charge is -1.81. The van der Waals surface area contributed by atoms with Gasteiger partial charge in [-0.1, -0.05) is 11.2 Å². The zero-order valence-electron chi connectivity index (χ0n) is 5.16. The van der Waals surface area contributed by atoms with E-state index in [0.717, 1.165) is 5.39 Å². The average Bonchev–Trinajstić information content (AvgIpc) is 2.34. The lowest BCUT2D eigenvalue weighted by atomic mass is 10.2. The van der Waals surface area contributed by atoms with E-state index in [4.69, 9.17) is 10.3 Å². The first-order valence-corrected chi connectivity index (χ1v) is 2.89. The smallest absolute Gasteiger partial charge is 0.174 e. The largest absolute Gasteiger partial charge is 0.380 e. The van der Waals surface area contributed by atoms with E-state index in [1.165, 1.54) is 0 Å². The number of anilines is 1. The molecule has 2 aromatic rings.